The van der Waals surface area contributed by atoms with Crippen LogP contribution in [0.15, 0.2) is 41.3 Å². The van der Waals surface area contributed by atoms with Gasteiger partial charge < -0.3 is 14.9 Å². The van der Waals surface area contributed by atoms with E-state index >= 15 is 0 Å². The first-order valence-corrected chi connectivity index (χ1v) is 8.78. The molecule has 0 aliphatic heterocycles. The molecule has 11 heteroatoms. The number of phenolic OH excluding ortho intramolecular Hbond substituents is 2. The van der Waals surface area contributed by atoms with Crippen molar-refractivity contribution < 1.29 is 41.3 Å². The van der Waals surface area contributed by atoms with Crippen molar-refractivity contribution in [2.24, 2.45) is 0 Å². The summed E-state index contributed by atoms with van der Waals surface area (Å²) >= 11 is 0. The number of benzene rings is 2. The third-order valence-electron chi connectivity index (χ3n) is 3.37. The van der Waals surface area contributed by atoms with Gasteiger partial charge in [-0.2, -0.15) is 0 Å². The Morgan fingerprint density at radius 2 is 1.78 bits per heavy atom. The summed E-state index contributed by atoms with van der Waals surface area (Å²) in [5.74, 6) is -2.45. The standard InChI is InChI=1S/C16H14F3NO6S/c1-9(21)12-7-11(3-5-15(12)26-16(17,18)19)27(24,25)20-8-10-2-4-13(22)14(23)6-10/h2-7,20,22-23H,8H2,1H3. The van der Waals surface area contributed by atoms with Crippen molar-refractivity contribution in [3.05, 3.63) is 47.5 Å². The van der Waals surface area contributed by atoms with E-state index in [2.05, 4.69) is 9.46 Å². The van der Waals surface area contributed by atoms with Gasteiger partial charge in [0.05, 0.1) is 10.5 Å². The summed E-state index contributed by atoms with van der Waals surface area (Å²) in [7, 11) is -4.18. The second-order valence-corrected chi connectivity index (χ2v) is 7.18. The number of nitrogens with one attached hydrogen (secondary N) is 1. The molecule has 0 saturated carbocycles. The Bertz CT molecular complexity index is 973. The summed E-state index contributed by atoms with van der Waals surface area (Å²) in [5.41, 5.74) is -0.227. The van der Waals surface area contributed by atoms with Crippen LogP contribution in [0.1, 0.15) is 22.8 Å². The molecule has 2 rings (SSSR count). The number of ketones is 1. The van der Waals surface area contributed by atoms with E-state index in [4.69, 9.17) is 0 Å². The van der Waals surface area contributed by atoms with Gasteiger partial charge in [0.2, 0.25) is 10.0 Å². The molecule has 0 bridgehead atoms. The van der Waals surface area contributed by atoms with Crippen molar-refractivity contribution in [3.63, 3.8) is 0 Å². The highest BCUT2D eigenvalue weighted by molar-refractivity contribution is 7.89. The lowest BCUT2D eigenvalue weighted by molar-refractivity contribution is -0.274. The van der Waals surface area contributed by atoms with E-state index < -0.39 is 44.1 Å². The molecule has 0 amide bonds. The Kier molecular flexibility index (Phi) is 5.66. The third kappa shape index (κ3) is 5.34. The molecule has 0 atom stereocenters. The first-order chi connectivity index (χ1) is 12.4. The molecule has 3 N–H and O–H groups in total. The number of rotatable bonds is 6. The van der Waals surface area contributed by atoms with Crippen LogP contribution < -0.4 is 9.46 Å². The number of carbonyl (C=O) groups is 1. The first-order valence-electron chi connectivity index (χ1n) is 7.30. The van der Waals surface area contributed by atoms with Crippen LogP contribution in [0.3, 0.4) is 0 Å². The second-order valence-electron chi connectivity index (χ2n) is 5.41. The number of phenols is 2. The number of hydrogen-bond donors (Lipinski definition) is 3. The molecule has 0 unspecified atom stereocenters. The average Bonchev–Trinajstić information content (AvgIpc) is 2.54. The summed E-state index contributed by atoms with van der Waals surface area (Å²) in [4.78, 5) is 11.1. The quantitative estimate of drug-likeness (QED) is 0.503. The van der Waals surface area contributed by atoms with Gasteiger partial charge in [0.15, 0.2) is 17.3 Å². The highest BCUT2D eigenvalue weighted by Gasteiger charge is 2.33. The Morgan fingerprint density at radius 1 is 1.11 bits per heavy atom. The number of aromatic hydroxyl groups is 2. The number of alkyl halides is 3. The molecule has 27 heavy (non-hydrogen) atoms. The Labute approximate surface area is 152 Å². The van der Waals surface area contributed by atoms with Crippen molar-refractivity contribution in [3.8, 4) is 17.2 Å². The van der Waals surface area contributed by atoms with Gasteiger partial charge in [-0.3, -0.25) is 4.79 Å². The predicted octanol–water partition coefficient (Wildman–Crippen LogP) is 2.68. The lowest BCUT2D eigenvalue weighted by Crippen LogP contribution is -2.24. The Hall–Kier alpha value is -2.79. The fourth-order valence-corrected chi connectivity index (χ4v) is 3.15. The van der Waals surface area contributed by atoms with Gasteiger partial charge in [-0.15, -0.1) is 13.2 Å². The van der Waals surface area contributed by atoms with Gasteiger partial charge in [0.25, 0.3) is 0 Å². The van der Waals surface area contributed by atoms with Crippen LogP contribution in [0.2, 0.25) is 0 Å². The van der Waals surface area contributed by atoms with Crippen molar-refractivity contribution in [1.29, 1.82) is 0 Å². The smallest absolute Gasteiger partial charge is 0.504 e. The molecule has 2 aromatic rings. The fourth-order valence-electron chi connectivity index (χ4n) is 2.11. The van der Waals surface area contributed by atoms with Crippen LogP contribution in [-0.4, -0.2) is 30.8 Å². The summed E-state index contributed by atoms with van der Waals surface area (Å²) in [6.45, 7) is 0.702. The number of hydrogen-bond acceptors (Lipinski definition) is 6. The third-order valence-corrected chi connectivity index (χ3v) is 4.77. The Balaban J connectivity index is 2.28. The first kappa shape index (κ1) is 20.5. The minimum Gasteiger partial charge on any atom is -0.504 e. The maximum atomic E-state index is 12.4. The SMILES string of the molecule is CC(=O)c1cc(S(=O)(=O)NCc2ccc(O)c(O)c2)ccc1OC(F)(F)F. The van der Waals surface area contributed by atoms with Crippen LogP contribution in [0.25, 0.3) is 0 Å². The molecule has 0 radical (unpaired) electrons. The predicted molar refractivity (Wildman–Crippen MR) is 86.9 cm³/mol. The second kappa shape index (κ2) is 7.45. The lowest BCUT2D eigenvalue weighted by atomic mass is 10.1. The molecular weight excluding hydrogens is 391 g/mol. The zero-order valence-electron chi connectivity index (χ0n) is 13.7. The van der Waals surface area contributed by atoms with Crippen molar-refractivity contribution in [1.82, 2.24) is 4.72 Å². The Morgan fingerprint density at radius 3 is 2.33 bits per heavy atom. The van der Waals surface area contributed by atoms with Gasteiger partial charge in [-0.05, 0) is 42.8 Å². The molecule has 7 nitrogen and oxygen atoms in total. The lowest BCUT2D eigenvalue weighted by Gasteiger charge is -2.13. The summed E-state index contributed by atoms with van der Waals surface area (Å²) in [6.07, 6.45) is -5.04. The zero-order valence-corrected chi connectivity index (χ0v) is 14.6. The molecule has 0 saturated heterocycles. The van der Waals surface area contributed by atoms with E-state index in [9.17, 15) is 36.6 Å². The number of Topliss-reactive ketones (excluding diaryl/α,β-unsaturated/α-hetero) is 1. The molecule has 146 valence electrons. The minimum absolute atomic E-state index is 0.271. The van der Waals surface area contributed by atoms with E-state index in [1.807, 2.05) is 0 Å². The molecule has 0 aliphatic rings. The van der Waals surface area contributed by atoms with E-state index in [0.717, 1.165) is 37.3 Å². The van der Waals surface area contributed by atoms with Crippen LogP contribution in [-0.2, 0) is 16.6 Å². The summed E-state index contributed by atoms with van der Waals surface area (Å²) in [6, 6.07) is 6.05. The van der Waals surface area contributed by atoms with E-state index in [1.54, 1.807) is 0 Å². The zero-order chi connectivity index (χ0) is 20.4. The van der Waals surface area contributed by atoms with Crippen molar-refractivity contribution >= 4 is 15.8 Å². The van der Waals surface area contributed by atoms with Crippen LogP contribution in [0.4, 0.5) is 13.2 Å². The molecule has 2 aromatic carbocycles. The molecule has 0 fully saturated rings. The molecule has 0 aliphatic carbocycles. The monoisotopic (exact) mass is 405 g/mol. The van der Waals surface area contributed by atoms with Crippen LogP contribution in [0, 0.1) is 0 Å². The van der Waals surface area contributed by atoms with E-state index in [0.29, 0.717) is 5.56 Å². The van der Waals surface area contributed by atoms with Crippen molar-refractivity contribution in [2.45, 2.75) is 24.7 Å². The highest BCUT2D eigenvalue weighted by Crippen LogP contribution is 2.29. The van der Waals surface area contributed by atoms with Gasteiger partial charge in [-0.25, -0.2) is 13.1 Å². The minimum atomic E-state index is -5.04. The fraction of sp³-hybridized carbons (Fsp3) is 0.188. The van der Waals surface area contributed by atoms with Gasteiger partial charge in [0.1, 0.15) is 5.75 Å². The largest absolute Gasteiger partial charge is 0.573 e. The number of carbonyl (C=O) groups excluding carboxylic acids is 1. The molecule has 0 spiro atoms. The van der Waals surface area contributed by atoms with Crippen LogP contribution >= 0.6 is 0 Å². The van der Waals surface area contributed by atoms with Crippen LogP contribution in [0.5, 0.6) is 17.2 Å². The summed E-state index contributed by atoms with van der Waals surface area (Å²) < 4.78 is 67.7. The average molecular weight is 405 g/mol. The van der Waals surface area contributed by atoms with E-state index in [-0.39, 0.29) is 12.3 Å². The number of halogens is 3. The maximum Gasteiger partial charge on any atom is 0.573 e. The van der Waals surface area contributed by atoms with Crippen molar-refractivity contribution in [2.75, 3.05) is 0 Å². The topological polar surface area (TPSA) is 113 Å². The number of sulfonamides is 1. The molecule has 0 aromatic heterocycles. The van der Waals surface area contributed by atoms with E-state index in [1.165, 1.54) is 6.07 Å². The number of ether oxygens (including phenoxy) is 1. The van der Waals surface area contributed by atoms with Gasteiger partial charge >= 0.3 is 6.36 Å². The van der Waals surface area contributed by atoms with Gasteiger partial charge in [-0.1, -0.05) is 6.07 Å². The summed E-state index contributed by atoms with van der Waals surface area (Å²) in [5, 5.41) is 18.6. The normalized spacial score (nSPS) is 12.0. The van der Waals surface area contributed by atoms with Gasteiger partial charge in [0, 0.05) is 6.54 Å². The maximum absolute atomic E-state index is 12.4. The molecular formula is C16H14F3NO6S. The highest BCUT2D eigenvalue weighted by atomic mass is 32.2. The molecule has 0 heterocycles.